The molecule has 0 aliphatic rings. The number of nitrogens with one attached hydrogen (secondary N) is 2. The topological polar surface area (TPSA) is 61.0 Å². The molecule has 2 N–H and O–H groups in total. The van der Waals surface area contributed by atoms with Crippen molar-refractivity contribution in [2.45, 2.75) is 32.6 Å². The number of carbonyl (C=O) groups excluding carboxylic acids is 1. The second-order valence-electron chi connectivity index (χ2n) is 4.44. The summed E-state index contributed by atoms with van der Waals surface area (Å²) in [4.78, 5) is 12.7. The maximum atomic E-state index is 12.2. The van der Waals surface area contributed by atoms with Gasteiger partial charge in [-0.25, -0.2) is 0 Å². The molecular formula is C11H17F3N4O. The maximum Gasteiger partial charge on any atom is 0.401 e. The predicted octanol–water partition coefficient (Wildman–Crippen LogP) is 1.22. The van der Waals surface area contributed by atoms with Crippen LogP contribution >= 0.6 is 0 Å². The molecule has 0 bridgehead atoms. The second kappa shape index (κ2) is 6.05. The van der Waals surface area contributed by atoms with Crippen LogP contribution in [0.1, 0.15) is 18.2 Å². The van der Waals surface area contributed by atoms with E-state index in [0.717, 1.165) is 16.2 Å². The van der Waals surface area contributed by atoms with Gasteiger partial charge in [-0.2, -0.15) is 18.3 Å². The highest BCUT2D eigenvalue weighted by atomic mass is 19.4. The molecule has 1 unspecified atom stereocenters. The number of alkyl halides is 3. The highest BCUT2D eigenvalue weighted by molar-refractivity contribution is 5.81. The summed E-state index contributed by atoms with van der Waals surface area (Å²) in [5, 5.41) is 9.09. The van der Waals surface area contributed by atoms with Gasteiger partial charge >= 0.3 is 6.18 Å². The zero-order valence-corrected chi connectivity index (χ0v) is 11.0. The van der Waals surface area contributed by atoms with E-state index in [9.17, 15) is 18.0 Å². The van der Waals surface area contributed by atoms with Gasteiger partial charge in [0.2, 0.25) is 5.91 Å². The van der Waals surface area contributed by atoms with Crippen molar-refractivity contribution >= 4 is 5.91 Å². The maximum absolute atomic E-state index is 12.2. The number of nitrogens with zero attached hydrogens (tertiary/aromatic N) is 2. The Kier molecular flexibility index (Phi) is 4.93. The molecule has 0 radical (unpaired) electrons. The highest BCUT2D eigenvalue weighted by Crippen LogP contribution is 2.16. The van der Waals surface area contributed by atoms with Crippen LogP contribution < -0.4 is 5.32 Å². The van der Waals surface area contributed by atoms with Gasteiger partial charge in [-0.05, 0) is 20.9 Å². The molecule has 1 atom stereocenters. The molecule has 8 heteroatoms. The van der Waals surface area contributed by atoms with Gasteiger partial charge in [-0.15, -0.1) is 0 Å². The molecule has 1 amide bonds. The Bertz CT molecular complexity index is 430. The van der Waals surface area contributed by atoms with Gasteiger partial charge in [0.15, 0.2) is 0 Å². The van der Waals surface area contributed by atoms with E-state index in [1.807, 2.05) is 0 Å². The predicted molar refractivity (Wildman–Crippen MR) is 63.3 cm³/mol. The van der Waals surface area contributed by atoms with Gasteiger partial charge < -0.3 is 5.32 Å². The van der Waals surface area contributed by atoms with E-state index in [1.54, 1.807) is 13.1 Å². The molecule has 1 aromatic heterocycles. The third-order valence-electron chi connectivity index (χ3n) is 2.86. The fourth-order valence-electron chi connectivity index (χ4n) is 1.50. The van der Waals surface area contributed by atoms with Crippen LogP contribution in [0.5, 0.6) is 0 Å². The molecule has 1 heterocycles. The Hall–Kier alpha value is -1.57. The summed E-state index contributed by atoms with van der Waals surface area (Å²) in [5.41, 5.74) is 1.62. The van der Waals surface area contributed by atoms with Gasteiger partial charge in [-0.1, -0.05) is 0 Å². The van der Waals surface area contributed by atoms with Crippen LogP contribution in [0.2, 0.25) is 0 Å². The normalized spacial score (nSPS) is 13.6. The van der Waals surface area contributed by atoms with Crippen molar-refractivity contribution in [3.05, 3.63) is 17.5 Å². The number of hydrogen-bond acceptors (Lipinski definition) is 3. The summed E-state index contributed by atoms with van der Waals surface area (Å²) in [6, 6.07) is -0.853. The van der Waals surface area contributed by atoms with E-state index in [0.29, 0.717) is 0 Å². The molecule has 0 aromatic carbocycles. The van der Waals surface area contributed by atoms with Crippen molar-refractivity contribution < 1.29 is 18.0 Å². The van der Waals surface area contributed by atoms with E-state index in [-0.39, 0.29) is 6.54 Å². The molecule has 0 fully saturated rings. The van der Waals surface area contributed by atoms with Crippen molar-refractivity contribution in [3.8, 4) is 0 Å². The van der Waals surface area contributed by atoms with Gasteiger partial charge in [0, 0.05) is 17.8 Å². The van der Waals surface area contributed by atoms with Crippen LogP contribution in [-0.2, 0) is 11.3 Å². The second-order valence-corrected chi connectivity index (χ2v) is 4.44. The van der Waals surface area contributed by atoms with E-state index < -0.39 is 24.7 Å². The molecule has 0 aliphatic carbocycles. The fourth-order valence-corrected chi connectivity index (χ4v) is 1.50. The first kappa shape index (κ1) is 15.5. The summed E-state index contributed by atoms with van der Waals surface area (Å²) in [6.45, 7) is 2.36. The third kappa shape index (κ3) is 4.90. The first-order chi connectivity index (χ1) is 8.70. The molecule has 1 rings (SSSR count). The van der Waals surface area contributed by atoms with Gasteiger partial charge in [0.05, 0.1) is 18.8 Å². The minimum absolute atomic E-state index is 0.241. The first-order valence-corrected chi connectivity index (χ1v) is 5.74. The fraction of sp³-hybridized carbons (Fsp3) is 0.636. The molecule has 5 nitrogen and oxygen atoms in total. The summed E-state index contributed by atoms with van der Waals surface area (Å²) in [5.74, 6) is -0.452. The number of amides is 1. The quantitative estimate of drug-likeness (QED) is 0.851. The first-order valence-electron chi connectivity index (χ1n) is 5.74. The van der Waals surface area contributed by atoms with Crippen LogP contribution in [0.15, 0.2) is 6.20 Å². The van der Waals surface area contributed by atoms with Gasteiger partial charge in [0.1, 0.15) is 0 Å². The van der Waals surface area contributed by atoms with E-state index in [2.05, 4.69) is 15.5 Å². The van der Waals surface area contributed by atoms with Crippen LogP contribution in [0, 0.1) is 6.92 Å². The molecule has 1 aromatic rings. The number of aromatic nitrogens is 2. The number of hydrogen-bond donors (Lipinski definition) is 2. The van der Waals surface area contributed by atoms with Crippen molar-refractivity contribution in [1.82, 2.24) is 20.4 Å². The van der Waals surface area contributed by atoms with Crippen LogP contribution in [-0.4, -0.2) is 46.8 Å². The van der Waals surface area contributed by atoms with E-state index in [4.69, 9.17) is 0 Å². The van der Waals surface area contributed by atoms with Crippen molar-refractivity contribution in [1.29, 1.82) is 0 Å². The van der Waals surface area contributed by atoms with Crippen LogP contribution in [0.4, 0.5) is 13.2 Å². The Morgan fingerprint density at radius 2 is 2.21 bits per heavy atom. The van der Waals surface area contributed by atoms with E-state index >= 15 is 0 Å². The lowest BCUT2D eigenvalue weighted by atomic mass is 10.2. The lowest BCUT2D eigenvalue weighted by Gasteiger charge is -2.24. The van der Waals surface area contributed by atoms with Crippen molar-refractivity contribution in [2.75, 3.05) is 13.6 Å². The average Bonchev–Trinajstić information content (AvgIpc) is 2.68. The average molecular weight is 278 g/mol. The number of rotatable bonds is 5. The Morgan fingerprint density at radius 3 is 2.68 bits per heavy atom. The number of halogens is 3. The molecule has 0 spiro atoms. The lowest BCUT2D eigenvalue weighted by Crippen LogP contribution is -2.46. The molecule has 0 saturated heterocycles. The van der Waals surface area contributed by atoms with Crippen LogP contribution in [0.3, 0.4) is 0 Å². The summed E-state index contributed by atoms with van der Waals surface area (Å²) < 4.78 is 36.6. The SMILES string of the molecule is Cc1[nH]ncc1CNC(=O)C(C)N(C)CC(F)(F)F. The number of aryl methyl sites for hydroxylation is 1. The number of H-pyrrole nitrogens is 1. The largest absolute Gasteiger partial charge is 0.401 e. The Labute approximate surface area is 109 Å². The highest BCUT2D eigenvalue weighted by Gasteiger charge is 2.32. The lowest BCUT2D eigenvalue weighted by molar-refractivity contribution is -0.151. The molecule has 0 saturated carbocycles. The number of likely N-dealkylation sites (N-methyl/N-ethyl adjacent to an activating group) is 1. The number of aromatic amines is 1. The molecule has 19 heavy (non-hydrogen) atoms. The molecule has 108 valence electrons. The standard InChI is InChI=1S/C11H17F3N4O/c1-7-9(5-16-17-7)4-15-10(19)8(2)18(3)6-11(12,13)14/h5,8H,4,6H2,1-3H3,(H,15,19)(H,16,17). The third-order valence-corrected chi connectivity index (χ3v) is 2.86. The van der Waals surface area contributed by atoms with Crippen LogP contribution in [0.25, 0.3) is 0 Å². The summed E-state index contributed by atoms with van der Waals surface area (Å²) >= 11 is 0. The molecule has 0 aliphatic heterocycles. The summed E-state index contributed by atoms with van der Waals surface area (Å²) in [7, 11) is 1.26. The monoisotopic (exact) mass is 278 g/mol. The van der Waals surface area contributed by atoms with Crippen molar-refractivity contribution in [2.24, 2.45) is 0 Å². The molecular weight excluding hydrogens is 261 g/mol. The summed E-state index contributed by atoms with van der Waals surface area (Å²) in [6.07, 6.45) is -2.75. The Morgan fingerprint density at radius 1 is 1.58 bits per heavy atom. The van der Waals surface area contributed by atoms with Crippen molar-refractivity contribution in [3.63, 3.8) is 0 Å². The van der Waals surface area contributed by atoms with E-state index in [1.165, 1.54) is 14.0 Å². The zero-order valence-electron chi connectivity index (χ0n) is 11.0. The zero-order chi connectivity index (χ0) is 14.6. The smallest absolute Gasteiger partial charge is 0.351 e. The number of carbonyl (C=O) groups is 1. The minimum atomic E-state index is -4.32. The minimum Gasteiger partial charge on any atom is -0.351 e. The van der Waals surface area contributed by atoms with Gasteiger partial charge in [0.25, 0.3) is 0 Å². The Balaban J connectivity index is 2.47. The van der Waals surface area contributed by atoms with Gasteiger partial charge in [-0.3, -0.25) is 14.8 Å².